The first kappa shape index (κ1) is 16.1. The molecular weight excluding hydrogens is 339 g/mol. The molecule has 0 atom stereocenters. The van der Waals surface area contributed by atoms with E-state index >= 15 is 0 Å². The molecule has 128 valence electrons. The Hall–Kier alpha value is -2.34. The van der Waals surface area contributed by atoms with Crippen LogP contribution in [-0.2, 0) is 25.1 Å². The summed E-state index contributed by atoms with van der Waals surface area (Å²) < 4.78 is 20.4. The highest BCUT2D eigenvalue weighted by atomic mass is 32.2. The van der Waals surface area contributed by atoms with Gasteiger partial charge in [0.25, 0.3) is 0 Å². The maximum atomic E-state index is 13.3. The lowest BCUT2D eigenvalue weighted by Gasteiger charge is -2.13. The van der Waals surface area contributed by atoms with Crippen LogP contribution in [0.15, 0.2) is 56.9 Å². The maximum Gasteiger partial charge on any atom is 0.349 e. The van der Waals surface area contributed by atoms with Crippen LogP contribution in [0.5, 0.6) is 0 Å². The van der Waals surface area contributed by atoms with Crippen molar-refractivity contribution in [3.8, 4) is 0 Å². The lowest BCUT2D eigenvalue weighted by Crippen LogP contribution is -2.27. The molecule has 0 saturated carbocycles. The summed E-state index contributed by atoms with van der Waals surface area (Å²) in [5.41, 5.74) is 2.84. The van der Waals surface area contributed by atoms with Crippen LogP contribution in [0.3, 0.4) is 0 Å². The lowest BCUT2D eigenvalue weighted by atomic mass is 10.2. The normalized spacial score (nSPS) is 13.2. The standard InChI is InChI=1S/C19H17FN2O2S/c20-14-5-1-4-13(10-14)12-25-18-16-7-2-8-17(16)22(19(23)21-18)11-15-6-3-9-24-15/h1,3-6,9-10H,2,7-8,11-12H2. The van der Waals surface area contributed by atoms with Crippen molar-refractivity contribution in [2.75, 3.05) is 0 Å². The first-order chi connectivity index (χ1) is 12.2. The monoisotopic (exact) mass is 356 g/mol. The second-order valence-electron chi connectivity index (χ2n) is 6.06. The molecule has 4 rings (SSSR count). The fourth-order valence-corrected chi connectivity index (χ4v) is 4.23. The largest absolute Gasteiger partial charge is 0.467 e. The highest BCUT2D eigenvalue weighted by Crippen LogP contribution is 2.31. The first-order valence-corrected chi connectivity index (χ1v) is 9.21. The molecule has 0 N–H and O–H groups in total. The number of nitrogens with zero attached hydrogens (tertiary/aromatic N) is 2. The first-order valence-electron chi connectivity index (χ1n) is 8.23. The van der Waals surface area contributed by atoms with Gasteiger partial charge in [-0.25, -0.2) is 9.18 Å². The minimum Gasteiger partial charge on any atom is -0.467 e. The lowest BCUT2D eigenvalue weighted by molar-refractivity contribution is 0.481. The molecule has 6 heteroatoms. The Morgan fingerprint density at radius 1 is 1.24 bits per heavy atom. The maximum absolute atomic E-state index is 13.3. The second kappa shape index (κ2) is 6.88. The number of thioether (sulfide) groups is 1. The van der Waals surface area contributed by atoms with E-state index in [1.807, 2.05) is 18.2 Å². The Morgan fingerprint density at radius 3 is 2.96 bits per heavy atom. The molecule has 0 unspecified atom stereocenters. The number of benzene rings is 1. The summed E-state index contributed by atoms with van der Waals surface area (Å²) in [6.07, 6.45) is 4.43. The van der Waals surface area contributed by atoms with Crippen LogP contribution in [0.2, 0.25) is 0 Å². The molecule has 0 spiro atoms. The van der Waals surface area contributed by atoms with Gasteiger partial charge >= 0.3 is 5.69 Å². The van der Waals surface area contributed by atoms with Gasteiger partial charge < -0.3 is 4.42 Å². The van der Waals surface area contributed by atoms with Crippen molar-refractivity contribution in [1.82, 2.24) is 9.55 Å². The van der Waals surface area contributed by atoms with Crippen LogP contribution < -0.4 is 5.69 Å². The number of furan rings is 1. The fraction of sp³-hybridized carbons (Fsp3) is 0.263. The third-order valence-corrected chi connectivity index (χ3v) is 5.45. The average Bonchev–Trinajstić information content (AvgIpc) is 3.27. The van der Waals surface area contributed by atoms with Crippen molar-refractivity contribution in [2.24, 2.45) is 0 Å². The molecule has 1 aliphatic rings. The van der Waals surface area contributed by atoms with E-state index in [2.05, 4.69) is 4.98 Å². The number of hydrogen-bond acceptors (Lipinski definition) is 4. The van der Waals surface area contributed by atoms with E-state index in [9.17, 15) is 9.18 Å². The van der Waals surface area contributed by atoms with Gasteiger partial charge in [0.2, 0.25) is 0 Å². The average molecular weight is 356 g/mol. The van der Waals surface area contributed by atoms with E-state index in [-0.39, 0.29) is 11.5 Å². The molecule has 3 aromatic rings. The van der Waals surface area contributed by atoms with Crippen molar-refractivity contribution >= 4 is 11.8 Å². The van der Waals surface area contributed by atoms with Gasteiger partial charge in [0.05, 0.1) is 12.8 Å². The number of halogens is 1. The molecule has 4 nitrogen and oxygen atoms in total. The van der Waals surface area contributed by atoms with Gasteiger partial charge in [-0.05, 0) is 49.1 Å². The van der Waals surface area contributed by atoms with Gasteiger partial charge in [0.15, 0.2) is 0 Å². The van der Waals surface area contributed by atoms with E-state index in [0.29, 0.717) is 12.3 Å². The zero-order valence-electron chi connectivity index (χ0n) is 13.6. The van der Waals surface area contributed by atoms with Crippen LogP contribution in [0.25, 0.3) is 0 Å². The molecule has 0 saturated heterocycles. The molecule has 1 aliphatic carbocycles. The van der Waals surface area contributed by atoms with E-state index < -0.39 is 0 Å². The van der Waals surface area contributed by atoms with Crippen LogP contribution in [0, 0.1) is 5.82 Å². The molecular formula is C19H17FN2O2S. The Kier molecular flexibility index (Phi) is 4.44. The van der Waals surface area contributed by atoms with Gasteiger partial charge in [-0.1, -0.05) is 12.1 Å². The Labute approximate surface area is 148 Å². The Morgan fingerprint density at radius 2 is 2.16 bits per heavy atom. The van der Waals surface area contributed by atoms with E-state index in [1.165, 1.54) is 23.9 Å². The summed E-state index contributed by atoms with van der Waals surface area (Å²) in [5.74, 6) is 1.10. The molecule has 0 fully saturated rings. The zero-order chi connectivity index (χ0) is 17.2. The number of rotatable bonds is 5. The molecule has 25 heavy (non-hydrogen) atoms. The third-order valence-electron chi connectivity index (χ3n) is 4.36. The highest BCUT2D eigenvalue weighted by molar-refractivity contribution is 7.98. The quantitative estimate of drug-likeness (QED) is 0.515. The van der Waals surface area contributed by atoms with Gasteiger partial charge in [-0.15, -0.1) is 11.8 Å². The molecule has 1 aromatic carbocycles. The van der Waals surface area contributed by atoms with E-state index in [4.69, 9.17) is 4.42 Å². The summed E-state index contributed by atoms with van der Waals surface area (Å²) in [4.78, 5) is 16.8. The highest BCUT2D eigenvalue weighted by Gasteiger charge is 2.22. The molecule has 0 radical (unpaired) electrons. The Bertz CT molecular complexity index is 951. The fourth-order valence-electron chi connectivity index (χ4n) is 3.21. The summed E-state index contributed by atoms with van der Waals surface area (Å²) in [6.45, 7) is 0.413. The molecule has 2 aromatic heterocycles. The number of hydrogen-bond donors (Lipinski definition) is 0. The predicted octanol–water partition coefficient (Wildman–Crippen LogP) is 3.80. The third kappa shape index (κ3) is 3.39. The summed E-state index contributed by atoms with van der Waals surface area (Å²) in [7, 11) is 0. The minimum absolute atomic E-state index is 0.245. The van der Waals surface area contributed by atoms with Crippen molar-refractivity contribution in [3.63, 3.8) is 0 Å². The molecule has 0 bridgehead atoms. The van der Waals surface area contributed by atoms with Crippen LogP contribution in [0.1, 0.15) is 29.0 Å². The number of aromatic nitrogens is 2. The van der Waals surface area contributed by atoms with Crippen molar-refractivity contribution in [3.05, 3.63) is 81.5 Å². The predicted molar refractivity (Wildman–Crippen MR) is 94.3 cm³/mol. The van der Waals surface area contributed by atoms with E-state index in [0.717, 1.165) is 46.9 Å². The van der Waals surface area contributed by atoms with Crippen LogP contribution >= 0.6 is 11.8 Å². The van der Waals surface area contributed by atoms with Crippen molar-refractivity contribution < 1.29 is 8.81 Å². The van der Waals surface area contributed by atoms with Gasteiger partial charge in [-0.3, -0.25) is 4.57 Å². The van der Waals surface area contributed by atoms with Crippen molar-refractivity contribution in [2.45, 2.75) is 36.6 Å². The zero-order valence-corrected chi connectivity index (χ0v) is 14.4. The molecule has 0 amide bonds. The molecule has 0 aliphatic heterocycles. The van der Waals surface area contributed by atoms with Crippen molar-refractivity contribution in [1.29, 1.82) is 0 Å². The summed E-state index contributed by atoms with van der Waals surface area (Å²) >= 11 is 1.50. The minimum atomic E-state index is -0.251. The van der Waals surface area contributed by atoms with Gasteiger partial charge in [0, 0.05) is 17.0 Å². The van der Waals surface area contributed by atoms with Crippen LogP contribution in [-0.4, -0.2) is 9.55 Å². The second-order valence-corrected chi connectivity index (χ2v) is 7.03. The molecule has 2 heterocycles. The topological polar surface area (TPSA) is 48.0 Å². The van der Waals surface area contributed by atoms with Gasteiger partial charge in [0.1, 0.15) is 16.6 Å². The van der Waals surface area contributed by atoms with E-state index in [1.54, 1.807) is 16.9 Å². The smallest absolute Gasteiger partial charge is 0.349 e. The SMILES string of the molecule is O=c1nc(SCc2cccc(F)c2)c2c(n1Cc1ccco1)CCC2. The summed E-state index contributed by atoms with van der Waals surface area (Å²) in [6, 6.07) is 10.2. The summed E-state index contributed by atoms with van der Waals surface area (Å²) in [5, 5.41) is 0.775. The number of fused-ring (bicyclic) bond motifs is 1. The van der Waals surface area contributed by atoms with Crippen LogP contribution in [0.4, 0.5) is 4.39 Å². The van der Waals surface area contributed by atoms with Gasteiger partial charge in [-0.2, -0.15) is 4.98 Å². The Balaban J connectivity index is 1.62.